The molecule has 2 aromatic heterocycles. The summed E-state index contributed by atoms with van der Waals surface area (Å²) in [5.41, 5.74) is 1.83. The van der Waals surface area contributed by atoms with Gasteiger partial charge in [0.15, 0.2) is 0 Å². The molecule has 1 N–H and O–H groups in total. The molecule has 7 heteroatoms. The van der Waals surface area contributed by atoms with Crippen molar-refractivity contribution in [2.75, 3.05) is 5.32 Å². The molecule has 1 amide bonds. The molecular formula is C25H18FN3O2S. The van der Waals surface area contributed by atoms with E-state index in [1.54, 1.807) is 12.1 Å². The number of fused-ring (bicyclic) bond motifs is 2. The average Bonchev–Trinajstić information content (AvgIpc) is 3.13. The number of halogens is 1. The van der Waals surface area contributed by atoms with E-state index in [0.717, 1.165) is 26.8 Å². The summed E-state index contributed by atoms with van der Waals surface area (Å²) in [4.78, 5) is 31.8. The van der Waals surface area contributed by atoms with Gasteiger partial charge < -0.3 is 5.32 Å². The van der Waals surface area contributed by atoms with Crippen LogP contribution < -0.4 is 10.9 Å². The zero-order valence-electron chi connectivity index (χ0n) is 17.1. The second-order valence-electron chi connectivity index (χ2n) is 7.51. The second kappa shape index (κ2) is 8.01. The standard InChI is InChI=1S/C25H18FN3O2S/c1-15-22(17-6-9-19(26)10-7-17)23-24(32-15)27-14-29(25(23)31)13-21(30)28-20-11-8-16-4-2-3-5-18(16)12-20/h2-12,14H,13H2,1H3,(H,28,30). The largest absolute Gasteiger partial charge is 0.325 e. The maximum atomic E-state index is 13.4. The number of aromatic nitrogens is 2. The van der Waals surface area contributed by atoms with E-state index in [0.29, 0.717) is 15.9 Å². The van der Waals surface area contributed by atoms with Crippen LogP contribution in [0.2, 0.25) is 0 Å². The molecule has 0 aliphatic heterocycles. The van der Waals surface area contributed by atoms with Crippen LogP contribution in [0.25, 0.3) is 32.1 Å². The Morgan fingerprint density at radius 1 is 1.06 bits per heavy atom. The van der Waals surface area contributed by atoms with Crippen molar-refractivity contribution in [1.29, 1.82) is 0 Å². The van der Waals surface area contributed by atoms with Crippen molar-refractivity contribution in [3.63, 3.8) is 0 Å². The van der Waals surface area contributed by atoms with Crippen LogP contribution >= 0.6 is 11.3 Å². The Bertz CT molecular complexity index is 1540. The molecule has 0 spiro atoms. The fourth-order valence-corrected chi connectivity index (χ4v) is 4.84. The van der Waals surface area contributed by atoms with Gasteiger partial charge in [-0.15, -0.1) is 11.3 Å². The Hall–Kier alpha value is -3.84. The summed E-state index contributed by atoms with van der Waals surface area (Å²) in [7, 11) is 0. The van der Waals surface area contributed by atoms with Crippen LogP contribution in [-0.2, 0) is 11.3 Å². The number of hydrogen-bond donors (Lipinski definition) is 1. The molecule has 0 saturated carbocycles. The number of hydrogen-bond acceptors (Lipinski definition) is 4. The maximum Gasteiger partial charge on any atom is 0.263 e. The van der Waals surface area contributed by atoms with Gasteiger partial charge in [0.1, 0.15) is 17.2 Å². The van der Waals surface area contributed by atoms with Crippen LogP contribution in [0.5, 0.6) is 0 Å². The third-order valence-corrected chi connectivity index (χ3v) is 6.35. The lowest BCUT2D eigenvalue weighted by atomic mass is 10.0. The first kappa shape index (κ1) is 20.1. The molecule has 0 aliphatic rings. The topological polar surface area (TPSA) is 64.0 Å². The van der Waals surface area contributed by atoms with E-state index >= 15 is 0 Å². The minimum atomic E-state index is -0.341. The lowest BCUT2D eigenvalue weighted by molar-refractivity contribution is -0.116. The highest BCUT2D eigenvalue weighted by Crippen LogP contribution is 2.35. The number of aryl methyl sites for hydroxylation is 1. The van der Waals surface area contributed by atoms with E-state index in [1.165, 1.54) is 34.4 Å². The Morgan fingerprint density at radius 3 is 2.59 bits per heavy atom. The van der Waals surface area contributed by atoms with E-state index in [1.807, 2.05) is 49.4 Å². The van der Waals surface area contributed by atoms with Crippen molar-refractivity contribution in [2.24, 2.45) is 0 Å². The summed E-state index contributed by atoms with van der Waals surface area (Å²) in [6.07, 6.45) is 1.40. The van der Waals surface area contributed by atoms with Gasteiger partial charge in [0.25, 0.3) is 5.56 Å². The lowest BCUT2D eigenvalue weighted by Crippen LogP contribution is -2.27. The number of nitrogens with one attached hydrogen (secondary N) is 1. The lowest BCUT2D eigenvalue weighted by Gasteiger charge is -2.09. The summed E-state index contributed by atoms with van der Waals surface area (Å²) in [6, 6.07) is 19.6. The van der Waals surface area contributed by atoms with Gasteiger partial charge in [-0.1, -0.05) is 42.5 Å². The Morgan fingerprint density at radius 2 is 1.81 bits per heavy atom. The van der Waals surface area contributed by atoms with Crippen LogP contribution in [0.15, 0.2) is 77.9 Å². The molecule has 5 rings (SSSR count). The van der Waals surface area contributed by atoms with Crippen LogP contribution in [0.4, 0.5) is 10.1 Å². The van der Waals surface area contributed by atoms with Crippen molar-refractivity contribution in [3.8, 4) is 11.1 Å². The zero-order valence-corrected chi connectivity index (χ0v) is 17.9. The molecule has 3 aromatic carbocycles. The SMILES string of the molecule is Cc1sc2ncn(CC(=O)Nc3ccc4ccccc4c3)c(=O)c2c1-c1ccc(F)cc1. The molecule has 0 atom stereocenters. The van der Waals surface area contributed by atoms with Crippen molar-refractivity contribution in [3.05, 3.63) is 94.1 Å². The minimum Gasteiger partial charge on any atom is -0.325 e. The van der Waals surface area contributed by atoms with Crippen LogP contribution in [0.3, 0.4) is 0 Å². The van der Waals surface area contributed by atoms with Crippen LogP contribution in [-0.4, -0.2) is 15.5 Å². The van der Waals surface area contributed by atoms with Gasteiger partial charge in [0.05, 0.1) is 11.7 Å². The summed E-state index contributed by atoms with van der Waals surface area (Å²) in [5.74, 6) is -0.661. The molecular weight excluding hydrogens is 425 g/mol. The fourth-order valence-electron chi connectivity index (χ4n) is 3.84. The van der Waals surface area contributed by atoms with Gasteiger partial charge in [0, 0.05) is 16.1 Å². The predicted octanol–water partition coefficient (Wildman–Crippen LogP) is 5.36. The quantitative estimate of drug-likeness (QED) is 0.406. The van der Waals surface area contributed by atoms with Gasteiger partial charge in [-0.3, -0.25) is 14.2 Å². The number of benzene rings is 3. The number of anilines is 1. The van der Waals surface area contributed by atoms with Crippen LogP contribution in [0.1, 0.15) is 4.88 Å². The zero-order chi connectivity index (χ0) is 22.2. The fraction of sp³-hybridized carbons (Fsp3) is 0.0800. The molecule has 2 heterocycles. The third-order valence-electron chi connectivity index (χ3n) is 5.33. The number of amides is 1. The molecule has 158 valence electrons. The number of rotatable bonds is 4. The molecule has 0 bridgehead atoms. The van der Waals surface area contributed by atoms with Gasteiger partial charge in [-0.05, 0) is 47.5 Å². The molecule has 0 aliphatic carbocycles. The first-order valence-electron chi connectivity index (χ1n) is 10.0. The molecule has 32 heavy (non-hydrogen) atoms. The monoisotopic (exact) mass is 443 g/mol. The van der Waals surface area contributed by atoms with E-state index in [4.69, 9.17) is 0 Å². The average molecular weight is 444 g/mol. The van der Waals surface area contributed by atoms with Crippen molar-refractivity contribution < 1.29 is 9.18 Å². The van der Waals surface area contributed by atoms with E-state index in [2.05, 4.69) is 10.3 Å². The highest BCUT2D eigenvalue weighted by Gasteiger charge is 2.18. The highest BCUT2D eigenvalue weighted by atomic mass is 32.1. The maximum absolute atomic E-state index is 13.4. The molecule has 5 aromatic rings. The van der Waals surface area contributed by atoms with E-state index < -0.39 is 0 Å². The molecule has 0 radical (unpaired) electrons. The number of thiophene rings is 1. The summed E-state index contributed by atoms with van der Waals surface area (Å²) in [6.45, 7) is 1.74. The first-order chi connectivity index (χ1) is 15.5. The van der Waals surface area contributed by atoms with Gasteiger partial charge in [-0.25, -0.2) is 9.37 Å². The molecule has 0 fully saturated rings. The number of nitrogens with zero attached hydrogens (tertiary/aromatic N) is 2. The summed E-state index contributed by atoms with van der Waals surface area (Å²) < 4.78 is 14.7. The van der Waals surface area contributed by atoms with Gasteiger partial charge in [-0.2, -0.15) is 0 Å². The number of carbonyl (C=O) groups excluding carboxylic acids is 1. The Balaban J connectivity index is 1.47. The van der Waals surface area contributed by atoms with Crippen molar-refractivity contribution in [1.82, 2.24) is 9.55 Å². The molecule has 0 unspecified atom stereocenters. The summed E-state index contributed by atoms with van der Waals surface area (Å²) in [5, 5.41) is 5.39. The highest BCUT2D eigenvalue weighted by molar-refractivity contribution is 7.19. The molecule has 5 nitrogen and oxygen atoms in total. The van der Waals surface area contributed by atoms with Gasteiger partial charge >= 0.3 is 0 Å². The predicted molar refractivity (Wildman–Crippen MR) is 127 cm³/mol. The smallest absolute Gasteiger partial charge is 0.263 e. The van der Waals surface area contributed by atoms with Crippen molar-refractivity contribution >= 4 is 43.9 Å². The van der Waals surface area contributed by atoms with E-state index in [-0.39, 0.29) is 23.8 Å². The Kier molecular flexibility index (Phi) is 5.03. The Labute approximate surface area is 186 Å². The number of carbonyl (C=O) groups is 1. The van der Waals surface area contributed by atoms with E-state index in [9.17, 15) is 14.0 Å². The molecule has 0 saturated heterocycles. The van der Waals surface area contributed by atoms with Crippen LogP contribution in [0, 0.1) is 12.7 Å². The first-order valence-corrected chi connectivity index (χ1v) is 10.8. The normalized spacial score (nSPS) is 11.2. The second-order valence-corrected chi connectivity index (χ2v) is 8.71. The van der Waals surface area contributed by atoms with Crippen molar-refractivity contribution in [2.45, 2.75) is 13.5 Å². The summed E-state index contributed by atoms with van der Waals surface area (Å²) >= 11 is 1.40. The van der Waals surface area contributed by atoms with Gasteiger partial charge in [0.2, 0.25) is 5.91 Å². The third kappa shape index (κ3) is 3.67. The minimum absolute atomic E-state index is 0.160.